The van der Waals surface area contributed by atoms with Gasteiger partial charge in [0.25, 0.3) is 0 Å². The minimum absolute atomic E-state index is 0.312. The van der Waals surface area contributed by atoms with Crippen molar-refractivity contribution in [2.24, 2.45) is 0 Å². The Kier molecular flexibility index (Phi) is 4.94. The van der Waals surface area contributed by atoms with Crippen molar-refractivity contribution in [3.8, 4) is 11.5 Å². The third-order valence-electron chi connectivity index (χ3n) is 2.25. The van der Waals surface area contributed by atoms with Gasteiger partial charge in [0.05, 0.1) is 14.2 Å². The number of aldehydes is 2. The molecule has 0 amide bonds. The molecule has 1 rings (SSSR count). The van der Waals surface area contributed by atoms with E-state index >= 15 is 0 Å². The smallest absolute Gasteiger partial charge is 0.161 e. The summed E-state index contributed by atoms with van der Waals surface area (Å²) in [6.45, 7) is 0. The van der Waals surface area contributed by atoms with Gasteiger partial charge in [-0.3, -0.25) is 4.79 Å². The highest BCUT2D eigenvalue weighted by Crippen LogP contribution is 2.30. The maximum absolute atomic E-state index is 10.9. The van der Waals surface area contributed by atoms with Crippen molar-refractivity contribution in [2.75, 3.05) is 14.2 Å². The molecule has 1 aromatic carbocycles. The number of hydrogen-bond acceptors (Lipinski definition) is 4. The van der Waals surface area contributed by atoms with Gasteiger partial charge in [0, 0.05) is 12.0 Å². The lowest BCUT2D eigenvalue weighted by atomic mass is 10.1. The molecule has 0 aromatic heterocycles. The van der Waals surface area contributed by atoms with Crippen LogP contribution in [0.1, 0.15) is 22.3 Å². The molecule has 0 aliphatic rings. The van der Waals surface area contributed by atoms with Crippen molar-refractivity contribution in [1.82, 2.24) is 0 Å². The summed E-state index contributed by atoms with van der Waals surface area (Å²) < 4.78 is 10.2. The molecule has 90 valence electrons. The summed E-state index contributed by atoms with van der Waals surface area (Å²) in [5.74, 6) is 1.05. The number of methoxy groups -OCH3 is 2. The molecular weight excluding hydrogens is 220 g/mol. The van der Waals surface area contributed by atoms with Crippen LogP contribution in [0, 0.1) is 0 Å². The Morgan fingerprint density at radius 1 is 1.06 bits per heavy atom. The molecule has 0 aliphatic heterocycles. The Bertz CT molecular complexity index is 435. The average Bonchev–Trinajstić information content (AvgIpc) is 2.38. The normalized spacial score (nSPS) is 10.2. The van der Waals surface area contributed by atoms with Gasteiger partial charge in [0.15, 0.2) is 17.8 Å². The maximum Gasteiger partial charge on any atom is 0.161 e. The van der Waals surface area contributed by atoms with Crippen molar-refractivity contribution in [3.05, 3.63) is 29.3 Å². The number of carbonyl (C=O) groups excluding carboxylic acids is 2. The van der Waals surface area contributed by atoms with E-state index in [1.165, 1.54) is 14.2 Å². The van der Waals surface area contributed by atoms with E-state index in [0.29, 0.717) is 29.0 Å². The lowest BCUT2D eigenvalue weighted by Crippen LogP contribution is -1.95. The molecule has 0 unspecified atom stereocenters. The van der Waals surface area contributed by atoms with Gasteiger partial charge in [0.2, 0.25) is 0 Å². The number of rotatable bonds is 6. The monoisotopic (exact) mass is 234 g/mol. The molecule has 0 N–H and O–H groups in total. The average molecular weight is 234 g/mol. The standard InChI is InChI=1S/C13H14O4/c1-16-12-7-10(5-3-4-6-14)11(9-15)8-13(12)17-2/h3,5-9H,4H2,1-2H3. The first-order chi connectivity index (χ1) is 8.26. The van der Waals surface area contributed by atoms with E-state index < -0.39 is 0 Å². The minimum Gasteiger partial charge on any atom is -0.493 e. The van der Waals surface area contributed by atoms with Crippen molar-refractivity contribution < 1.29 is 19.1 Å². The van der Waals surface area contributed by atoms with Gasteiger partial charge in [-0.25, -0.2) is 0 Å². The predicted molar refractivity (Wildman–Crippen MR) is 64.6 cm³/mol. The van der Waals surface area contributed by atoms with Crippen molar-refractivity contribution >= 4 is 18.6 Å². The highest BCUT2D eigenvalue weighted by Gasteiger charge is 2.08. The Balaban J connectivity index is 3.18. The second kappa shape index (κ2) is 6.48. The molecule has 4 nitrogen and oxygen atoms in total. The van der Waals surface area contributed by atoms with Gasteiger partial charge >= 0.3 is 0 Å². The summed E-state index contributed by atoms with van der Waals surface area (Å²) in [5, 5.41) is 0. The van der Waals surface area contributed by atoms with E-state index in [9.17, 15) is 9.59 Å². The number of hydrogen-bond donors (Lipinski definition) is 0. The number of benzene rings is 1. The molecule has 0 radical (unpaired) electrons. The Morgan fingerprint density at radius 2 is 1.65 bits per heavy atom. The minimum atomic E-state index is 0.312. The van der Waals surface area contributed by atoms with E-state index in [1.807, 2.05) is 0 Å². The van der Waals surface area contributed by atoms with E-state index in [2.05, 4.69) is 0 Å². The zero-order valence-corrected chi connectivity index (χ0v) is 9.80. The third kappa shape index (κ3) is 3.17. The van der Waals surface area contributed by atoms with Crippen LogP contribution in [0.4, 0.5) is 0 Å². The summed E-state index contributed by atoms with van der Waals surface area (Å²) in [4.78, 5) is 21.1. The van der Waals surface area contributed by atoms with Crippen LogP contribution in [0.5, 0.6) is 11.5 Å². The molecule has 0 fully saturated rings. The summed E-state index contributed by atoms with van der Waals surface area (Å²) in [7, 11) is 3.03. The third-order valence-corrected chi connectivity index (χ3v) is 2.25. The topological polar surface area (TPSA) is 52.6 Å². The Hall–Kier alpha value is -2.10. The predicted octanol–water partition coefficient (Wildman–Crippen LogP) is 2.12. The van der Waals surface area contributed by atoms with Crippen LogP contribution in [-0.4, -0.2) is 26.8 Å². The van der Waals surface area contributed by atoms with Crippen LogP contribution in [0.25, 0.3) is 6.08 Å². The van der Waals surface area contributed by atoms with Crippen LogP contribution in [0.3, 0.4) is 0 Å². The SMILES string of the molecule is COc1cc(C=O)c(C=CCC=O)cc1OC. The Morgan fingerprint density at radius 3 is 2.12 bits per heavy atom. The van der Waals surface area contributed by atoms with Crippen molar-refractivity contribution in [1.29, 1.82) is 0 Å². The summed E-state index contributed by atoms with van der Waals surface area (Å²) in [6, 6.07) is 3.30. The molecule has 0 spiro atoms. The molecule has 0 heterocycles. The lowest BCUT2D eigenvalue weighted by Gasteiger charge is -2.09. The largest absolute Gasteiger partial charge is 0.493 e. The van der Waals surface area contributed by atoms with Crippen LogP contribution < -0.4 is 9.47 Å². The van der Waals surface area contributed by atoms with Gasteiger partial charge < -0.3 is 14.3 Å². The molecule has 0 saturated carbocycles. The molecule has 0 aliphatic carbocycles. The molecular formula is C13H14O4. The number of ether oxygens (including phenoxy) is 2. The number of allylic oxidation sites excluding steroid dienone is 1. The highest BCUT2D eigenvalue weighted by atomic mass is 16.5. The van der Waals surface area contributed by atoms with E-state index in [4.69, 9.17) is 9.47 Å². The van der Waals surface area contributed by atoms with Gasteiger partial charge in [-0.2, -0.15) is 0 Å². The molecule has 17 heavy (non-hydrogen) atoms. The molecule has 0 bridgehead atoms. The summed E-state index contributed by atoms with van der Waals surface area (Å²) in [6.07, 6.45) is 5.23. The van der Waals surface area contributed by atoms with E-state index in [1.54, 1.807) is 24.3 Å². The first-order valence-electron chi connectivity index (χ1n) is 5.08. The van der Waals surface area contributed by atoms with Crippen LogP contribution >= 0.6 is 0 Å². The zero-order valence-electron chi connectivity index (χ0n) is 9.80. The van der Waals surface area contributed by atoms with Gasteiger partial charge in [-0.15, -0.1) is 0 Å². The van der Waals surface area contributed by atoms with Gasteiger partial charge in [0.1, 0.15) is 6.29 Å². The Labute approximate surface area is 99.8 Å². The van der Waals surface area contributed by atoms with Gasteiger partial charge in [-0.1, -0.05) is 12.2 Å². The zero-order chi connectivity index (χ0) is 12.7. The van der Waals surface area contributed by atoms with Crippen LogP contribution in [-0.2, 0) is 4.79 Å². The summed E-state index contributed by atoms with van der Waals surface area (Å²) in [5.41, 5.74) is 1.18. The van der Waals surface area contributed by atoms with Crippen LogP contribution in [0.2, 0.25) is 0 Å². The van der Waals surface area contributed by atoms with Crippen molar-refractivity contribution in [2.45, 2.75) is 6.42 Å². The van der Waals surface area contributed by atoms with Crippen LogP contribution in [0.15, 0.2) is 18.2 Å². The molecule has 4 heteroatoms. The second-order valence-corrected chi connectivity index (χ2v) is 3.26. The van der Waals surface area contributed by atoms with E-state index in [0.717, 1.165) is 12.6 Å². The van der Waals surface area contributed by atoms with Gasteiger partial charge in [-0.05, 0) is 17.7 Å². The van der Waals surface area contributed by atoms with Crippen molar-refractivity contribution in [3.63, 3.8) is 0 Å². The second-order valence-electron chi connectivity index (χ2n) is 3.26. The quantitative estimate of drug-likeness (QED) is 0.707. The highest BCUT2D eigenvalue weighted by molar-refractivity contribution is 5.84. The fraction of sp³-hybridized carbons (Fsp3) is 0.231. The fourth-order valence-electron chi connectivity index (χ4n) is 1.41. The molecule has 0 atom stereocenters. The first-order valence-corrected chi connectivity index (χ1v) is 5.08. The number of carbonyl (C=O) groups is 2. The lowest BCUT2D eigenvalue weighted by molar-refractivity contribution is -0.107. The molecule has 1 aromatic rings. The summed E-state index contributed by atoms with van der Waals surface area (Å²) >= 11 is 0. The first kappa shape index (κ1) is 13.0. The fourth-order valence-corrected chi connectivity index (χ4v) is 1.41. The van der Waals surface area contributed by atoms with E-state index in [-0.39, 0.29) is 0 Å². The molecule has 0 saturated heterocycles. The maximum atomic E-state index is 10.9.